The van der Waals surface area contributed by atoms with Crippen LogP contribution in [0.2, 0.25) is 0 Å². The molecule has 3 aromatic rings. The lowest BCUT2D eigenvalue weighted by Crippen LogP contribution is -2.12. The third kappa shape index (κ3) is 6.39. The van der Waals surface area contributed by atoms with Crippen molar-refractivity contribution in [2.45, 2.75) is 29.8 Å². The average Bonchev–Trinajstić information content (AvgIpc) is 2.77. The summed E-state index contributed by atoms with van der Waals surface area (Å²) >= 11 is 4.51. The van der Waals surface area contributed by atoms with E-state index in [1.165, 1.54) is 18.2 Å². The number of nitrogens with zero attached hydrogens (tertiary/aromatic N) is 3. The van der Waals surface area contributed by atoms with Crippen LogP contribution in [-0.2, 0) is 10.0 Å². The predicted molar refractivity (Wildman–Crippen MR) is 131 cm³/mol. The fraction of sp³-hybridized carbons (Fsp3) is 0.182. The van der Waals surface area contributed by atoms with Gasteiger partial charge in [-0.2, -0.15) is 5.26 Å². The van der Waals surface area contributed by atoms with Gasteiger partial charge in [-0.05, 0) is 36.2 Å². The van der Waals surface area contributed by atoms with Crippen molar-refractivity contribution >= 4 is 55.0 Å². The molecule has 170 valence electrons. The maximum atomic E-state index is 12.6. The third-order valence-corrected chi connectivity index (χ3v) is 6.79. The maximum absolute atomic E-state index is 12.6. The molecule has 33 heavy (non-hydrogen) atoms. The number of nitrogens with one attached hydrogen (secondary N) is 1. The Morgan fingerprint density at radius 3 is 2.52 bits per heavy atom. The standard InChI is InChI=1S/C22H20BrN5O3S2/c1-13(2)20-18(11-24)21(26-16-4-3-5-17(10-16)33(25,30)31)28-22(27-20)32-12-19(29)14-6-8-15(23)9-7-14/h3-10,13H,12H2,1-2H3,(H2,25,30,31)(H,26,27,28). The van der Waals surface area contributed by atoms with Gasteiger partial charge in [-0.25, -0.2) is 23.5 Å². The fourth-order valence-corrected chi connectivity index (χ4v) is 4.45. The molecule has 0 amide bonds. The summed E-state index contributed by atoms with van der Waals surface area (Å²) in [6.07, 6.45) is 0. The van der Waals surface area contributed by atoms with Crippen molar-refractivity contribution < 1.29 is 13.2 Å². The van der Waals surface area contributed by atoms with Gasteiger partial charge in [-0.1, -0.05) is 59.7 Å². The first-order valence-corrected chi connectivity index (χ1v) is 13.0. The molecule has 0 spiro atoms. The van der Waals surface area contributed by atoms with E-state index >= 15 is 0 Å². The molecule has 1 heterocycles. The number of carbonyl (C=O) groups is 1. The van der Waals surface area contributed by atoms with E-state index in [1.54, 1.807) is 30.3 Å². The Morgan fingerprint density at radius 1 is 1.21 bits per heavy atom. The first kappa shape index (κ1) is 24.9. The smallest absolute Gasteiger partial charge is 0.238 e. The Hall–Kier alpha value is -2.78. The number of rotatable bonds is 8. The van der Waals surface area contributed by atoms with E-state index in [-0.39, 0.29) is 33.7 Å². The zero-order valence-corrected chi connectivity index (χ0v) is 21.0. The number of ketones is 1. The summed E-state index contributed by atoms with van der Waals surface area (Å²) in [5.41, 5.74) is 1.74. The number of thioether (sulfide) groups is 1. The molecule has 0 radical (unpaired) electrons. The monoisotopic (exact) mass is 545 g/mol. The molecule has 2 aromatic carbocycles. The van der Waals surface area contributed by atoms with E-state index < -0.39 is 10.0 Å². The summed E-state index contributed by atoms with van der Waals surface area (Å²) in [5.74, 6) is 0.176. The third-order valence-electron chi connectivity index (χ3n) is 4.50. The highest BCUT2D eigenvalue weighted by atomic mass is 79.9. The van der Waals surface area contributed by atoms with E-state index in [1.807, 2.05) is 13.8 Å². The van der Waals surface area contributed by atoms with Gasteiger partial charge in [0.1, 0.15) is 11.6 Å². The minimum atomic E-state index is -3.89. The van der Waals surface area contributed by atoms with Gasteiger partial charge in [0.25, 0.3) is 0 Å². The molecule has 0 aliphatic heterocycles. The summed E-state index contributed by atoms with van der Waals surface area (Å²) in [4.78, 5) is 21.4. The molecule has 3 N–H and O–H groups in total. The molecule has 11 heteroatoms. The zero-order valence-electron chi connectivity index (χ0n) is 17.7. The molecular formula is C22H20BrN5O3S2. The van der Waals surface area contributed by atoms with Gasteiger partial charge in [0, 0.05) is 15.7 Å². The summed E-state index contributed by atoms with van der Waals surface area (Å²) in [7, 11) is -3.89. The molecule has 0 unspecified atom stereocenters. The van der Waals surface area contributed by atoms with Crippen LogP contribution in [0.3, 0.4) is 0 Å². The summed E-state index contributed by atoms with van der Waals surface area (Å²) < 4.78 is 24.2. The number of hydrogen-bond acceptors (Lipinski definition) is 8. The Balaban J connectivity index is 1.92. The Bertz CT molecular complexity index is 1340. The number of halogens is 1. The molecule has 0 atom stereocenters. The van der Waals surface area contributed by atoms with Crippen molar-refractivity contribution in [3.05, 3.63) is 69.8 Å². The van der Waals surface area contributed by atoms with Gasteiger partial charge in [0.2, 0.25) is 10.0 Å². The van der Waals surface area contributed by atoms with Gasteiger partial charge in [-0.3, -0.25) is 4.79 Å². The van der Waals surface area contributed by atoms with Crippen molar-refractivity contribution in [1.29, 1.82) is 5.26 Å². The van der Waals surface area contributed by atoms with Crippen molar-refractivity contribution in [2.24, 2.45) is 5.14 Å². The molecule has 0 fully saturated rings. The van der Waals surface area contributed by atoms with Crippen LogP contribution in [0.1, 0.15) is 41.4 Å². The van der Waals surface area contributed by atoms with Crippen LogP contribution in [-0.4, -0.2) is 29.9 Å². The fourth-order valence-electron chi connectivity index (χ4n) is 2.88. The molecule has 0 saturated carbocycles. The van der Waals surface area contributed by atoms with Crippen LogP contribution in [0.5, 0.6) is 0 Å². The number of sulfonamides is 1. The molecule has 0 bridgehead atoms. The number of aromatic nitrogens is 2. The van der Waals surface area contributed by atoms with Crippen LogP contribution in [0.4, 0.5) is 11.5 Å². The van der Waals surface area contributed by atoms with E-state index in [4.69, 9.17) is 5.14 Å². The van der Waals surface area contributed by atoms with Crippen molar-refractivity contribution in [1.82, 2.24) is 9.97 Å². The number of Topliss-reactive ketones (excluding diaryl/α,β-unsaturated/α-hetero) is 1. The Labute approximate surface area is 204 Å². The predicted octanol–water partition coefficient (Wildman–Crippen LogP) is 4.60. The summed E-state index contributed by atoms with van der Waals surface area (Å²) in [6, 6.07) is 15.1. The lowest BCUT2D eigenvalue weighted by Gasteiger charge is -2.14. The van der Waals surface area contributed by atoms with Crippen LogP contribution >= 0.6 is 27.7 Å². The van der Waals surface area contributed by atoms with E-state index in [0.29, 0.717) is 22.1 Å². The SMILES string of the molecule is CC(C)c1nc(SCC(=O)c2ccc(Br)cc2)nc(Nc2cccc(S(N)(=O)=O)c2)c1C#N. The zero-order chi connectivity index (χ0) is 24.2. The van der Waals surface area contributed by atoms with Crippen molar-refractivity contribution in [2.75, 3.05) is 11.1 Å². The van der Waals surface area contributed by atoms with Gasteiger partial charge in [-0.15, -0.1) is 0 Å². The summed E-state index contributed by atoms with van der Waals surface area (Å²) in [6.45, 7) is 3.80. The van der Waals surface area contributed by atoms with Gasteiger partial charge in [0.05, 0.1) is 16.3 Å². The van der Waals surface area contributed by atoms with Gasteiger partial charge >= 0.3 is 0 Å². The second-order valence-corrected chi connectivity index (χ2v) is 10.7. The molecular weight excluding hydrogens is 526 g/mol. The topological polar surface area (TPSA) is 139 Å². The number of primary sulfonamides is 1. The number of nitriles is 1. The van der Waals surface area contributed by atoms with E-state index in [2.05, 4.69) is 37.3 Å². The average molecular weight is 546 g/mol. The molecule has 8 nitrogen and oxygen atoms in total. The molecule has 0 saturated heterocycles. The normalized spacial score (nSPS) is 11.3. The molecule has 1 aromatic heterocycles. The number of nitrogens with two attached hydrogens (primary N) is 1. The van der Waals surface area contributed by atoms with E-state index in [0.717, 1.165) is 16.2 Å². The number of hydrogen-bond donors (Lipinski definition) is 2. The lowest BCUT2D eigenvalue weighted by molar-refractivity contribution is 0.102. The second-order valence-electron chi connectivity index (χ2n) is 7.30. The lowest BCUT2D eigenvalue weighted by atomic mass is 10.1. The van der Waals surface area contributed by atoms with Crippen molar-refractivity contribution in [3.63, 3.8) is 0 Å². The number of carbonyl (C=O) groups excluding carboxylic acids is 1. The van der Waals surface area contributed by atoms with Gasteiger partial charge in [0.15, 0.2) is 16.8 Å². The van der Waals surface area contributed by atoms with Crippen molar-refractivity contribution in [3.8, 4) is 6.07 Å². The van der Waals surface area contributed by atoms with E-state index in [9.17, 15) is 18.5 Å². The number of benzene rings is 2. The largest absolute Gasteiger partial charge is 0.339 e. The highest BCUT2D eigenvalue weighted by Crippen LogP contribution is 2.29. The Morgan fingerprint density at radius 2 is 1.91 bits per heavy atom. The minimum absolute atomic E-state index is 0.0705. The van der Waals surface area contributed by atoms with Crippen LogP contribution in [0, 0.1) is 11.3 Å². The maximum Gasteiger partial charge on any atom is 0.238 e. The van der Waals surface area contributed by atoms with Crippen LogP contribution in [0.15, 0.2) is 63.1 Å². The first-order chi connectivity index (χ1) is 15.6. The second kappa shape index (κ2) is 10.4. The minimum Gasteiger partial charge on any atom is -0.339 e. The molecule has 0 aliphatic rings. The van der Waals surface area contributed by atoms with Gasteiger partial charge < -0.3 is 5.32 Å². The molecule has 3 rings (SSSR count). The first-order valence-electron chi connectivity index (χ1n) is 9.72. The highest BCUT2D eigenvalue weighted by Gasteiger charge is 2.19. The quantitative estimate of drug-likeness (QED) is 0.238. The summed E-state index contributed by atoms with van der Waals surface area (Å²) in [5, 5.41) is 18.3. The Kier molecular flexibility index (Phi) is 7.86. The highest BCUT2D eigenvalue weighted by molar-refractivity contribution is 9.10. The van der Waals surface area contributed by atoms with Crippen LogP contribution < -0.4 is 10.5 Å². The molecule has 0 aliphatic carbocycles. The number of anilines is 2. The van der Waals surface area contributed by atoms with Crippen LogP contribution in [0.25, 0.3) is 0 Å².